The molecule has 2 N–H and O–H groups in total. The van der Waals surface area contributed by atoms with Gasteiger partial charge >= 0.3 is 5.97 Å². The number of nitrogens with zero attached hydrogens (tertiary/aromatic N) is 1. The Morgan fingerprint density at radius 2 is 1.78 bits per heavy atom. The van der Waals surface area contributed by atoms with Crippen molar-refractivity contribution >= 4 is 28.6 Å². The zero-order valence-electron chi connectivity index (χ0n) is 15.1. The Kier molecular flexibility index (Phi) is 5.25. The third-order valence-electron chi connectivity index (χ3n) is 3.93. The third kappa shape index (κ3) is 4.17. The Labute approximate surface area is 155 Å². The molecule has 1 amide bonds. The van der Waals surface area contributed by atoms with E-state index in [1.165, 1.54) is 27.5 Å². The van der Waals surface area contributed by atoms with Crippen LogP contribution in [0.2, 0.25) is 0 Å². The van der Waals surface area contributed by atoms with Crippen LogP contribution in [0.5, 0.6) is 11.5 Å². The van der Waals surface area contributed by atoms with E-state index in [0.29, 0.717) is 28.3 Å². The number of methoxy groups -OCH3 is 2. The first-order valence-electron chi connectivity index (χ1n) is 8.18. The summed E-state index contributed by atoms with van der Waals surface area (Å²) < 4.78 is 15.6. The number of imidazole rings is 1. The fourth-order valence-corrected chi connectivity index (χ4v) is 2.47. The van der Waals surface area contributed by atoms with Gasteiger partial charge < -0.3 is 24.5 Å². The highest BCUT2D eigenvalue weighted by Gasteiger charge is 2.20. The number of carbonyl (C=O) groups is 2. The number of carbonyl (C=O) groups excluding carboxylic acids is 2. The van der Waals surface area contributed by atoms with Crippen LogP contribution in [-0.4, -0.2) is 42.2 Å². The predicted molar refractivity (Wildman–Crippen MR) is 99.1 cm³/mol. The number of benzene rings is 2. The Bertz CT molecular complexity index is 960. The third-order valence-corrected chi connectivity index (χ3v) is 3.93. The quantitative estimate of drug-likeness (QED) is 0.648. The van der Waals surface area contributed by atoms with Crippen molar-refractivity contribution in [1.82, 2.24) is 9.97 Å². The van der Waals surface area contributed by atoms with Crippen LogP contribution < -0.4 is 14.8 Å². The standard InChI is InChI=1S/C19H19N3O5/c1-11(18(23)22-13-7-14(25-2)9-15(8-13)26-3)27-19(24)12-4-5-16-17(6-12)21-10-20-16/h4-11H,1-3H3,(H,20,21)(H,22,23). The number of anilines is 1. The lowest BCUT2D eigenvalue weighted by Crippen LogP contribution is -2.30. The molecule has 0 aliphatic carbocycles. The minimum atomic E-state index is -0.993. The molecule has 0 spiro atoms. The lowest BCUT2D eigenvalue weighted by Gasteiger charge is -2.15. The number of hydrogen-bond acceptors (Lipinski definition) is 6. The Hall–Kier alpha value is -3.55. The fraction of sp³-hybridized carbons (Fsp3) is 0.211. The Morgan fingerprint density at radius 3 is 2.44 bits per heavy atom. The molecule has 0 aliphatic heterocycles. The molecule has 8 heteroatoms. The summed E-state index contributed by atoms with van der Waals surface area (Å²) in [6, 6.07) is 9.90. The largest absolute Gasteiger partial charge is 0.497 e. The first-order valence-corrected chi connectivity index (χ1v) is 8.18. The summed E-state index contributed by atoms with van der Waals surface area (Å²) in [5.41, 5.74) is 2.25. The normalized spacial score (nSPS) is 11.7. The lowest BCUT2D eigenvalue weighted by atomic mass is 10.2. The molecule has 1 unspecified atom stereocenters. The number of amides is 1. The molecule has 0 saturated carbocycles. The minimum absolute atomic E-state index is 0.328. The second-order valence-electron chi connectivity index (χ2n) is 5.77. The molecule has 0 radical (unpaired) electrons. The highest BCUT2D eigenvalue weighted by atomic mass is 16.5. The number of ether oxygens (including phenoxy) is 3. The second-order valence-corrected chi connectivity index (χ2v) is 5.77. The maximum atomic E-state index is 12.4. The number of aromatic nitrogens is 2. The summed E-state index contributed by atoms with van der Waals surface area (Å²) in [5, 5.41) is 2.68. The molecule has 1 aromatic heterocycles. The number of aromatic amines is 1. The molecule has 27 heavy (non-hydrogen) atoms. The van der Waals surface area contributed by atoms with E-state index in [2.05, 4.69) is 15.3 Å². The number of esters is 1. The Morgan fingerprint density at radius 1 is 1.07 bits per heavy atom. The van der Waals surface area contributed by atoms with Gasteiger partial charge in [0.05, 0.1) is 37.1 Å². The maximum absolute atomic E-state index is 12.4. The van der Waals surface area contributed by atoms with Crippen LogP contribution in [-0.2, 0) is 9.53 Å². The molecule has 1 heterocycles. The molecule has 3 rings (SSSR count). The van der Waals surface area contributed by atoms with E-state index in [9.17, 15) is 9.59 Å². The molecule has 0 saturated heterocycles. The van der Waals surface area contributed by atoms with Gasteiger partial charge in [-0.2, -0.15) is 0 Å². The number of nitrogens with one attached hydrogen (secondary N) is 2. The van der Waals surface area contributed by atoms with Crippen LogP contribution in [0.1, 0.15) is 17.3 Å². The first-order chi connectivity index (χ1) is 13.0. The zero-order chi connectivity index (χ0) is 19.4. The van der Waals surface area contributed by atoms with Crippen molar-refractivity contribution in [3.8, 4) is 11.5 Å². The molecular weight excluding hydrogens is 350 g/mol. The summed E-state index contributed by atoms with van der Waals surface area (Å²) in [6.07, 6.45) is 0.547. The van der Waals surface area contributed by atoms with Crippen molar-refractivity contribution in [2.75, 3.05) is 19.5 Å². The van der Waals surface area contributed by atoms with Crippen molar-refractivity contribution in [2.24, 2.45) is 0 Å². The molecule has 1 atom stereocenters. The Balaban J connectivity index is 1.67. The summed E-state index contributed by atoms with van der Waals surface area (Å²) >= 11 is 0. The van der Waals surface area contributed by atoms with E-state index in [-0.39, 0.29) is 0 Å². The number of H-pyrrole nitrogens is 1. The van der Waals surface area contributed by atoms with Crippen molar-refractivity contribution in [3.63, 3.8) is 0 Å². The van der Waals surface area contributed by atoms with Crippen LogP contribution in [0.4, 0.5) is 5.69 Å². The smallest absolute Gasteiger partial charge is 0.338 e. The molecule has 2 aromatic carbocycles. The molecule has 0 bridgehead atoms. The molecule has 0 aliphatic rings. The van der Waals surface area contributed by atoms with Gasteiger partial charge in [-0.25, -0.2) is 9.78 Å². The van der Waals surface area contributed by atoms with Crippen LogP contribution in [0.15, 0.2) is 42.7 Å². The summed E-state index contributed by atoms with van der Waals surface area (Å²) in [5.74, 6) is -0.0111. The minimum Gasteiger partial charge on any atom is -0.497 e. The van der Waals surface area contributed by atoms with Gasteiger partial charge in [0, 0.05) is 23.9 Å². The summed E-state index contributed by atoms with van der Waals surface area (Å²) in [7, 11) is 3.03. The van der Waals surface area contributed by atoms with E-state index in [1.54, 1.807) is 36.4 Å². The molecule has 3 aromatic rings. The van der Waals surface area contributed by atoms with Crippen molar-refractivity contribution in [2.45, 2.75) is 13.0 Å². The fourth-order valence-electron chi connectivity index (χ4n) is 2.47. The summed E-state index contributed by atoms with van der Waals surface area (Å²) in [6.45, 7) is 1.50. The molecule has 8 nitrogen and oxygen atoms in total. The number of hydrogen-bond donors (Lipinski definition) is 2. The SMILES string of the molecule is COc1cc(NC(=O)C(C)OC(=O)c2ccc3nc[nH]c3c2)cc(OC)c1. The number of rotatable bonds is 6. The van der Waals surface area contributed by atoms with Crippen molar-refractivity contribution in [1.29, 1.82) is 0 Å². The molecular formula is C19H19N3O5. The van der Waals surface area contributed by atoms with Gasteiger partial charge in [-0.3, -0.25) is 4.79 Å². The topological polar surface area (TPSA) is 103 Å². The van der Waals surface area contributed by atoms with E-state index in [0.717, 1.165) is 5.52 Å². The van der Waals surface area contributed by atoms with E-state index >= 15 is 0 Å². The summed E-state index contributed by atoms with van der Waals surface area (Å²) in [4.78, 5) is 31.7. The molecule has 0 fully saturated rings. The van der Waals surface area contributed by atoms with Crippen LogP contribution in [0.25, 0.3) is 11.0 Å². The van der Waals surface area contributed by atoms with Crippen LogP contribution in [0.3, 0.4) is 0 Å². The van der Waals surface area contributed by atoms with Gasteiger partial charge in [-0.15, -0.1) is 0 Å². The maximum Gasteiger partial charge on any atom is 0.338 e. The van der Waals surface area contributed by atoms with Gasteiger partial charge in [0.15, 0.2) is 6.10 Å². The first kappa shape index (κ1) is 18.2. The highest BCUT2D eigenvalue weighted by molar-refractivity contribution is 5.98. The van der Waals surface area contributed by atoms with E-state index < -0.39 is 18.0 Å². The van der Waals surface area contributed by atoms with Crippen LogP contribution in [0, 0.1) is 0 Å². The van der Waals surface area contributed by atoms with Crippen molar-refractivity contribution in [3.05, 3.63) is 48.3 Å². The highest BCUT2D eigenvalue weighted by Crippen LogP contribution is 2.26. The average molecular weight is 369 g/mol. The van der Waals surface area contributed by atoms with Gasteiger partial charge in [-0.1, -0.05) is 0 Å². The molecule has 140 valence electrons. The second kappa shape index (κ2) is 7.77. The van der Waals surface area contributed by atoms with Crippen LogP contribution >= 0.6 is 0 Å². The predicted octanol–water partition coefficient (Wildman–Crippen LogP) is 2.76. The van der Waals surface area contributed by atoms with Gasteiger partial charge in [0.1, 0.15) is 11.5 Å². The number of fused-ring (bicyclic) bond motifs is 1. The lowest BCUT2D eigenvalue weighted by molar-refractivity contribution is -0.123. The van der Waals surface area contributed by atoms with Gasteiger partial charge in [-0.05, 0) is 25.1 Å². The van der Waals surface area contributed by atoms with Gasteiger partial charge in [0.2, 0.25) is 0 Å². The van der Waals surface area contributed by atoms with E-state index in [1.807, 2.05) is 0 Å². The zero-order valence-corrected chi connectivity index (χ0v) is 15.1. The van der Waals surface area contributed by atoms with Crippen molar-refractivity contribution < 1.29 is 23.8 Å². The average Bonchev–Trinajstić information content (AvgIpc) is 3.15. The monoisotopic (exact) mass is 369 g/mol. The van der Waals surface area contributed by atoms with Gasteiger partial charge in [0.25, 0.3) is 5.91 Å². The van der Waals surface area contributed by atoms with E-state index in [4.69, 9.17) is 14.2 Å².